The quantitative estimate of drug-likeness (QED) is 0.736. The van der Waals surface area contributed by atoms with Crippen molar-refractivity contribution in [1.29, 1.82) is 0 Å². The summed E-state index contributed by atoms with van der Waals surface area (Å²) in [4.78, 5) is 4.33. The van der Waals surface area contributed by atoms with E-state index in [0.29, 0.717) is 16.6 Å². The SMILES string of the molecule is CS(=O)(=O)c1ccnc2c(N)cccc12. The third kappa shape index (κ3) is 1.66. The van der Waals surface area contributed by atoms with Gasteiger partial charge < -0.3 is 5.73 Å². The summed E-state index contributed by atoms with van der Waals surface area (Å²) in [7, 11) is -3.24. The van der Waals surface area contributed by atoms with Gasteiger partial charge in [0, 0.05) is 17.8 Å². The first kappa shape index (κ1) is 9.92. The molecule has 0 aliphatic carbocycles. The summed E-state index contributed by atoms with van der Waals surface area (Å²) in [6, 6.07) is 6.60. The Morgan fingerprint density at radius 1 is 1.27 bits per heavy atom. The van der Waals surface area contributed by atoms with Crippen LogP contribution >= 0.6 is 0 Å². The molecule has 5 heteroatoms. The van der Waals surface area contributed by atoms with E-state index in [1.165, 1.54) is 18.5 Å². The van der Waals surface area contributed by atoms with E-state index in [-0.39, 0.29) is 4.90 Å². The molecule has 78 valence electrons. The number of sulfone groups is 1. The second-order valence-electron chi connectivity index (χ2n) is 3.32. The molecule has 0 atom stereocenters. The number of nitrogens with two attached hydrogens (primary N) is 1. The average molecular weight is 222 g/mol. The Balaban J connectivity index is 2.96. The molecule has 4 nitrogen and oxygen atoms in total. The molecule has 2 rings (SSSR count). The van der Waals surface area contributed by atoms with Gasteiger partial charge in [-0.05, 0) is 12.1 Å². The highest BCUT2D eigenvalue weighted by Gasteiger charge is 2.12. The van der Waals surface area contributed by atoms with Gasteiger partial charge >= 0.3 is 0 Å². The normalized spacial score (nSPS) is 11.8. The lowest BCUT2D eigenvalue weighted by atomic mass is 10.2. The zero-order valence-corrected chi connectivity index (χ0v) is 8.95. The molecular weight excluding hydrogens is 212 g/mol. The van der Waals surface area contributed by atoms with Crippen LogP contribution in [0.1, 0.15) is 0 Å². The molecule has 0 aliphatic rings. The van der Waals surface area contributed by atoms with Crippen LogP contribution in [-0.2, 0) is 9.84 Å². The Morgan fingerprint density at radius 3 is 2.67 bits per heavy atom. The molecule has 0 amide bonds. The number of nitrogens with zero attached hydrogens (tertiary/aromatic N) is 1. The zero-order valence-electron chi connectivity index (χ0n) is 8.14. The number of para-hydroxylation sites is 1. The van der Waals surface area contributed by atoms with Crippen LogP contribution in [0.4, 0.5) is 5.69 Å². The van der Waals surface area contributed by atoms with E-state index in [9.17, 15) is 8.42 Å². The molecule has 1 heterocycles. The molecule has 15 heavy (non-hydrogen) atoms. The van der Waals surface area contributed by atoms with E-state index in [1.807, 2.05) is 0 Å². The highest BCUT2D eigenvalue weighted by molar-refractivity contribution is 7.91. The number of fused-ring (bicyclic) bond motifs is 1. The van der Waals surface area contributed by atoms with Gasteiger partial charge in [0.15, 0.2) is 9.84 Å². The smallest absolute Gasteiger partial charge is 0.176 e. The van der Waals surface area contributed by atoms with Crippen molar-refractivity contribution in [2.45, 2.75) is 4.90 Å². The van der Waals surface area contributed by atoms with E-state index >= 15 is 0 Å². The Bertz CT molecular complexity index is 620. The number of pyridine rings is 1. The van der Waals surface area contributed by atoms with Crippen LogP contribution < -0.4 is 5.73 Å². The third-order valence-electron chi connectivity index (χ3n) is 2.16. The summed E-state index contributed by atoms with van der Waals surface area (Å²) >= 11 is 0. The van der Waals surface area contributed by atoms with E-state index in [2.05, 4.69) is 4.98 Å². The second-order valence-corrected chi connectivity index (χ2v) is 5.31. The Hall–Kier alpha value is -1.62. The van der Waals surface area contributed by atoms with Gasteiger partial charge in [-0.25, -0.2) is 8.42 Å². The predicted molar refractivity (Wildman–Crippen MR) is 59.3 cm³/mol. The highest BCUT2D eigenvalue weighted by atomic mass is 32.2. The molecule has 0 spiro atoms. The summed E-state index contributed by atoms with van der Waals surface area (Å²) < 4.78 is 23.0. The largest absolute Gasteiger partial charge is 0.397 e. The van der Waals surface area contributed by atoms with Crippen molar-refractivity contribution in [3.05, 3.63) is 30.5 Å². The minimum atomic E-state index is -3.24. The number of anilines is 1. The van der Waals surface area contributed by atoms with E-state index in [1.54, 1.807) is 18.2 Å². The molecule has 2 aromatic rings. The van der Waals surface area contributed by atoms with Gasteiger partial charge in [0.2, 0.25) is 0 Å². The van der Waals surface area contributed by atoms with Crippen molar-refractivity contribution < 1.29 is 8.42 Å². The predicted octanol–water partition coefficient (Wildman–Crippen LogP) is 1.22. The monoisotopic (exact) mass is 222 g/mol. The molecule has 0 saturated heterocycles. The van der Waals surface area contributed by atoms with Crippen molar-refractivity contribution >= 4 is 26.4 Å². The minimum absolute atomic E-state index is 0.264. The fourth-order valence-corrected chi connectivity index (χ4v) is 2.37. The van der Waals surface area contributed by atoms with Gasteiger partial charge in [-0.2, -0.15) is 0 Å². The van der Waals surface area contributed by atoms with Crippen LogP contribution in [0.25, 0.3) is 10.9 Å². The topological polar surface area (TPSA) is 73.0 Å². The second kappa shape index (κ2) is 3.20. The lowest BCUT2D eigenvalue weighted by Gasteiger charge is -2.05. The standard InChI is InChI=1S/C10H10N2O2S/c1-15(13,14)9-5-6-12-10-7(9)3-2-4-8(10)11/h2-6H,11H2,1H3. The number of aromatic nitrogens is 1. The maximum absolute atomic E-state index is 11.5. The molecule has 0 radical (unpaired) electrons. The summed E-state index contributed by atoms with van der Waals surface area (Å²) in [6.45, 7) is 0. The van der Waals surface area contributed by atoms with Gasteiger partial charge in [0.05, 0.1) is 16.1 Å². The van der Waals surface area contributed by atoms with Crippen LogP contribution in [0.5, 0.6) is 0 Å². The molecular formula is C10H10N2O2S. The summed E-state index contributed by atoms with van der Waals surface area (Å²) in [5.74, 6) is 0. The van der Waals surface area contributed by atoms with Gasteiger partial charge in [0.1, 0.15) is 0 Å². The minimum Gasteiger partial charge on any atom is -0.397 e. The van der Waals surface area contributed by atoms with E-state index in [4.69, 9.17) is 5.73 Å². The average Bonchev–Trinajstić information content (AvgIpc) is 2.16. The van der Waals surface area contributed by atoms with Crippen LogP contribution in [0.3, 0.4) is 0 Å². The first-order valence-electron chi connectivity index (χ1n) is 4.33. The number of hydrogen-bond donors (Lipinski definition) is 1. The Morgan fingerprint density at radius 2 is 2.00 bits per heavy atom. The van der Waals surface area contributed by atoms with Crippen molar-refractivity contribution in [2.24, 2.45) is 0 Å². The lowest BCUT2D eigenvalue weighted by Crippen LogP contribution is -2.00. The van der Waals surface area contributed by atoms with Crippen molar-refractivity contribution in [2.75, 3.05) is 12.0 Å². The lowest BCUT2D eigenvalue weighted by molar-refractivity contribution is 0.602. The molecule has 0 bridgehead atoms. The first-order chi connectivity index (χ1) is 7.00. The van der Waals surface area contributed by atoms with Gasteiger partial charge in [0.25, 0.3) is 0 Å². The zero-order chi connectivity index (χ0) is 11.1. The maximum Gasteiger partial charge on any atom is 0.176 e. The van der Waals surface area contributed by atoms with Gasteiger partial charge in [-0.3, -0.25) is 4.98 Å². The van der Waals surface area contributed by atoms with E-state index < -0.39 is 9.84 Å². The molecule has 0 fully saturated rings. The van der Waals surface area contributed by atoms with Crippen molar-refractivity contribution in [3.63, 3.8) is 0 Å². The number of benzene rings is 1. The number of nitrogen functional groups attached to an aromatic ring is 1. The molecule has 0 saturated carbocycles. The summed E-state index contributed by atoms with van der Waals surface area (Å²) in [5, 5.41) is 0.569. The van der Waals surface area contributed by atoms with Crippen molar-refractivity contribution in [3.8, 4) is 0 Å². The van der Waals surface area contributed by atoms with Crippen LogP contribution in [0.15, 0.2) is 35.4 Å². The van der Waals surface area contributed by atoms with Crippen LogP contribution in [0, 0.1) is 0 Å². The summed E-state index contributed by atoms with van der Waals surface area (Å²) in [5.41, 5.74) is 6.72. The van der Waals surface area contributed by atoms with Gasteiger partial charge in [-0.15, -0.1) is 0 Å². The first-order valence-corrected chi connectivity index (χ1v) is 6.22. The molecule has 0 unspecified atom stereocenters. The third-order valence-corrected chi connectivity index (χ3v) is 3.32. The highest BCUT2D eigenvalue weighted by Crippen LogP contribution is 2.24. The van der Waals surface area contributed by atoms with Crippen LogP contribution in [0.2, 0.25) is 0 Å². The van der Waals surface area contributed by atoms with Crippen molar-refractivity contribution in [1.82, 2.24) is 4.98 Å². The molecule has 0 aliphatic heterocycles. The molecule has 1 aromatic heterocycles. The molecule has 1 aromatic carbocycles. The Kier molecular flexibility index (Phi) is 2.12. The number of rotatable bonds is 1. The number of hydrogen-bond acceptors (Lipinski definition) is 4. The maximum atomic E-state index is 11.5. The van der Waals surface area contributed by atoms with Crippen LogP contribution in [-0.4, -0.2) is 19.7 Å². The van der Waals surface area contributed by atoms with Gasteiger partial charge in [-0.1, -0.05) is 12.1 Å². The fourth-order valence-electron chi connectivity index (χ4n) is 1.50. The Labute approximate surface area is 87.7 Å². The summed E-state index contributed by atoms with van der Waals surface area (Å²) in [6.07, 6.45) is 2.63. The fraction of sp³-hybridized carbons (Fsp3) is 0.100. The van der Waals surface area contributed by atoms with E-state index in [0.717, 1.165) is 0 Å². The molecule has 2 N–H and O–H groups in total.